The van der Waals surface area contributed by atoms with Crippen molar-refractivity contribution in [2.45, 2.75) is 123 Å². The van der Waals surface area contributed by atoms with Gasteiger partial charge in [0.05, 0.1) is 6.54 Å². The van der Waals surface area contributed by atoms with Gasteiger partial charge in [-0.15, -0.1) is 0 Å². The van der Waals surface area contributed by atoms with Crippen molar-refractivity contribution in [3.63, 3.8) is 0 Å². The lowest BCUT2D eigenvalue weighted by molar-refractivity contribution is -0.139. The van der Waals surface area contributed by atoms with Crippen LogP contribution in [0.3, 0.4) is 0 Å². The van der Waals surface area contributed by atoms with Crippen molar-refractivity contribution < 1.29 is 34.5 Å². The van der Waals surface area contributed by atoms with Crippen LogP contribution < -0.4 is 16.8 Å². The molecule has 0 aromatic heterocycles. The molecule has 224 valence electrons. The molecule has 0 rings (SSSR count). The van der Waals surface area contributed by atoms with E-state index in [0.29, 0.717) is 18.8 Å². The van der Waals surface area contributed by atoms with E-state index in [2.05, 4.69) is 30.1 Å². The standard InChI is InChI=1S/C20H37NO3.C6H13NO2.C2H5NO2/c1-2-3-4-5-6-7-8-9-10-11-12-13-14-15-16-17-19(22)21-18-20(23)24;1-4(2)3-5(7)6(8)9;3-1-2(4)5/h9-10H,2-8,11-18H2,1H3,(H,21,22)(H,23,24);4-5H,3,7H2,1-2H3,(H,8,9);1,3H2,(H,4,5)/b10-9-;;. The second-order valence-electron chi connectivity index (χ2n) is 9.68. The Balaban J connectivity index is -0.000000714. The molecule has 0 spiro atoms. The first-order valence-electron chi connectivity index (χ1n) is 14.0. The Kier molecular flexibility index (Phi) is 32.4. The van der Waals surface area contributed by atoms with Gasteiger partial charge in [-0.3, -0.25) is 19.2 Å². The predicted molar refractivity (Wildman–Crippen MR) is 152 cm³/mol. The molecule has 0 saturated carbocycles. The molecule has 1 amide bonds. The van der Waals surface area contributed by atoms with Crippen molar-refractivity contribution in [3.8, 4) is 0 Å². The van der Waals surface area contributed by atoms with Crippen LogP contribution in [0.4, 0.5) is 0 Å². The summed E-state index contributed by atoms with van der Waals surface area (Å²) < 4.78 is 0. The van der Waals surface area contributed by atoms with Crippen molar-refractivity contribution in [1.29, 1.82) is 0 Å². The van der Waals surface area contributed by atoms with Gasteiger partial charge in [0.25, 0.3) is 0 Å². The quantitative estimate of drug-likeness (QED) is 0.0875. The first-order chi connectivity index (χ1) is 18.0. The number of aliphatic carboxylic acids is 3. The van der Waals surface area contributed by atoms with Crippen LogP contribution in [0.15, 0.2) is 12.2 Å². The highest BCUT2D eigenvalue weighted by Crippen LogP contribution is 2.10. The number of unbranched alkanes of at least 4 members (excludes halogenated alkanes) is 11. The molecule has 0 aliphatic rings. The minimum atomic E-state index is -0.993. The first-order valence-corrected chi connectivity index (χ1v) is 14.0. The fourth-order valence-corrected chi connectivity index (χ4v) is 3.23. The van der Waals surface area contributed by atoms with Crippen molar-refractivity contribution >= 4 is 23.8 Å². The number of carbonyl (C=O) groups excluding carboxylic acids is 1. The normalized spacial score (nSPS) is 11.2. The molecule has 0 fully saturated rings. The molecule has 0 aliphatic carbocycles. The van der Waals surface area contributed by atoms with Gasteiger partial charge in [-0.25, -0.2) is 0 Å². The van der Waals surface area contributed by atoms with Crippen LogP contribution in [0.25, 0.3) is 0 Å². The Bertz CT molecular complexity index is 626. The van der Waals surface area contributed by atoms with E-state index in [1.165, 1.54) is 57.8 Å². The van der Waals surface area contributed by atoms with Gasteiger partial charge in [0.1, 0.15) is 12.6 Å². The topological polar surface area (TPSA) is 193 Å². The van der Waals surface area contributed by atoms with Crippen molar-refractivity contribution in [3.05, 3.63) is 12.2 Å². The summed E-state index contributed by atoms with van der Waals surface area (Å²) in [6.07, 6.45) is 21.6. The molecule has 0 aliphatic heterocycles. The van der Waals surface area contributed by atoms with E-state index in [1.807, 2.05) is 13.8 Å². The number of carbonyl (C=O) groups is 4. The summed E-state index contributed by atoms with van der Waals surface area (Å²) in [4.78, 5) is 40.9. The molecule has 10 heteroatoms. The molecule has 10 nitrogen and oxygen atoms in total. The lowest BCUT2D eigenvalue weighted by Crippen LogP contribution is -2.31. The lowest BCUT2D eigenvalue weighted by atomic mass is 10.1. The number of hydrogen-bond donors (Lipinski definition) is 6. The Morgan fingerprint density at radius 2 is 1.21 bits per heavy atom. The van der Waals surface area contributed by atoms with E-state index in [0.717, 1.165) is 25.7 Å². The van der Waals surface area contributed by atoms with E-state index >= 15 is 0 Å². The van der Waals surface area contributed by atoms with Gasteiger partial charge in [0, 0.05) is 6.42 Å². The summed E-state index contributed by atoms with van der Waals surface area (Å²) in [5, 5.41) is 26.7. The van der Waals surface area contributed by atoms with Crippen LogP contribution in [-0.4, -0.2) is 58.3 Å². The second-order valence-corrected chi connectivity index (χ2v) is 9.68. The summed E-state index contributed by atoms with van der Waals surface area (Å²) in [5.41, 5.74) is 9.79. The van der Waals surface area contributed by atoms with Gasteiger partial charge in [0.2, 0.25) is 5.91 Å². The summed E-state index contributed by atoms with van der Waals surface area (Å²) in [5.74, 6) is -2.67. The molecule has 1 atom stereocenters. The molecular formula is C28H55N3O7. The van der Waals surface area contributed by atoms with E-state index in [4.69, 9.17) is 21.1 Å². The van der Waals surface area contributed by atoms with Crippen molar-refractivity contribution in [2.75, 3.05) is 13.1 Å². The van der Waals surface area contributed by atoms with E-state index in [-0.39, 0.29) is 19.0 Å². The Morgan fingerprint density at radius 1 is 0.763 bits per heavy atom. The number of amides is 1. The van der Waals surface area contributed by atoms with Crippen LogP contribution in [0, 0.1) is 5.92 Å². The van der Waals surface area contributed by atoms with Gasteiger partial charge < -0.3 is 32.1 Å². The average Bonchev–Trinajstić information content (AvgIpc) is 2.85. The summed E-state index contributed by atoms with van der Waals surface area (Å²) in [7, 11) is 0. The molecule has 0 saturated heterocycles. The number of nitrogens with two attached hydrogens (primary N) is 2. The van der Waals surface area contributed by atoms with Gasteiger partial charge in [0.15, 0.2) is 0 Å². The minimum Gasteiger partial charge on any atom is -0.480 e. The highest BCUT2D eigenvalue weighted by atomic mass is 16.4. The Labute approximate surface area is 229 Å². The fraction of sp³-hybridized carbons (Fsp3) is 0.786. The molecule has 0 aromatic carbocycles. The SMILES string of the molecule is CC(C)CC(N)C(=O)O.CCCCCCCC/C=C\CCCCCCCC(=O)NCC(=O)O.NCC(=O)O. The van der Waals surface area contributed by atoms with Crippen LogP contribution >= 0.6 is 0 Å². The number of carboxylic acid groups (broad SMARTS) is 3. The zero-order valence-corrected chi connectivity index (χ0v) is 24.0. The summed E-state index contributed by atoms with van der Waals surface area (Å²) >= 11 is 0. The molecule has 0 bridgehead atoms. The number of carboxylic acids is 3. The first kappa shape index (κ1) is 40.0. The lowest BCUT2D eigenvalue weighted by Gasteiger charge is -2.07. The maximum Gasteiger partial charge on any atom is 0.322 e. The van der Waals surface area contributed by atoms with E-state index in [9.17, 15) is 19.2 Å². The van der Waals surface area contributed by atoms with Gasteiger partial charge in [-0.05, 0) is 44.4 Å². The number of rotatable bonds is 21. The molecule has 0 aromatic rings. The predicted octanol–water partition coefficient (Wildman–Crippen LogP) is 4.70. The maximum absolute atomic E-state index is 11.3. The molecular weight excluding hydrogens is 490 g/mol. The summed E-state index contributed by atoms with van der Waals surface area (Å²) in [6, 6.07) is -0.690. The third-order valence-corrected chi connectivity index (χ3v) is 5.32. The van der Waals surface area contributed by atoms with Crippen LogP contribution in [0.1, 0.15) is 117 Å². The minimum absolute atomic E-state index is 0.157. The second kappa shape index (κ2) is 30.8. The zero-order valence-electron chi connectivity index (χ0n) is 24.0. The molecule has 38 heavy (non-hydrogen) atoms. The molecule has 8 N–H and O–H groups in total. The highest BCUT2D eigenvalue weighted by molar-refractivity contribution is 5.80. The third kappa shape index (κ3) is 40.7. The molecule has 0 radical (unpaired) electrons. The number of nitrogens with one attached hydrogen (secondary N) is 1. The fourth-order valence-electron chi connectivity index (χ4n) is 3.23. The Morgan fingerprint density at radius 3 is 1.58 bits per heavy atom. The molecule has 0 heterocycles. The van der Waals surface area contributed by atoms with Crippen LogP contribution in [-0.2, 0) is 19.2 Å². The van der Waals surface area contributed by atoms with Crippen molar-refractivity contribution in [1.82, 2.24) is 5.32 Å². The maximum atomic E-state index is 11.3. The van der Waals surface area contributed by atoms with Crippen LogP contribution in [0.5, 0.6) is 0 Å². The van der Waals surface area contributed by atoms with E-state index < -0.39 is 23.9 Å². The summed E-state index contributed by atoms with van der Waals surface area (Å²) in [6.45, 7) is 5.59. The van der Waals surface area contributed by atoms with Crippen LogP contribution in [0.2, 0.25) is 0 Å². The zero-order chi connectivity index (χ0) is 29.6. The van der Waals surface area contributed by atoms with Gasteiger partial charge in [-0.2, -0.15) is 0 Å². The number of hydrogen-bond acceptors (Lipinski definition) is 6. The average molecular weight is 546 g/mol. The monoisotopic (exact) mass is 545 g/mol. The Hall–Kier alpha value is -2.46. The largest absolute Gasteiger partial charge is 0.480 e. The van der Waals surface area contributed by atoms with Gasteiger partial charge in [-0.1, -0.05) is 84.3 Å². The smallest absolute Gasteiger partial charge is 0.322 e. The third-order valence-electron chi connectivity index (χ3n) is 5.32. The van der Waals surface area contributed by atoms with Gasteiger partial charge >= 0.3 is 17.9 Å². The number of allylic oxidation sites excluding steroid dienone is 2. The highest BCUT2D eigenvalue weighted by Gasteiger charge is 2.12. The van der Waals surface area contributed by atoms with E-state index in [1.54, 1.807) is 0 Å². The van der Waals surface area contributed by atoms with Crippen molar-refractivity contribution in [2.24, 2.45) is 17.4 Å². The molecule has 1 unspecified atom stereocenters.